The summed E-state index contributed by atoms with van der Waals surface area (Å²) in [5.41, 5.74) is 1.00. The van der Waals surface area contributed by atoms with Gasteiger partial charge in [0.2, 0.25) is 0 Å². The minimum absolute atomic E-state index is 0.500. The van der Waals surface area contributed by atoms with Gasteiger partial charge in [-0.05, 0) is 0 Å². The van der Waals surface area contributed by atoms with Crippen LogP contribution in [0.2, 0.25) is 5.82 Å². The third-order valence-corrected chi connectivity index (χ3v) is 3.09. The Hall–Kier alpha value is -0.791. The maximum absolute atomic E-state index is 5.06. The predicted octanol–water partition coefficient (Wildman–Crippen LogP) is 2.50. The summed E-state index contributed by atoms with van der Waals surface area (Å²) in [5.74, 6) is 3.04. The summed E-state index contributed by atoms with van der Waals surface area (Å²) in [5, 5.41) is 0. The number of benzene rings is 1. The van der Waals surface area contributed by atoms with Gasteiger partial charge in [-0.15, -0.1) is 0 Å². The second-order valence-electron chi connectivity index (χ2n) is 2.53. The van der Waals surface area contributed by atoms with Crippen LogP contribution >= 0.6 is 0 Å². The molecule has 3 heteroatoms. The van der Waals surface area contributed by atoms with Crippen LogP contribution in [0.15, 0.2) is 29.3 Å². The van der Waals surface area contributed by atoms with Crippen molar-refractivity contribution in [2.75, 3.05) is 7.11 Å². The molecule has 0 aliphatic heterocycles. The third-order valence-electron chi connectivity index (χ3n) is 1.65. The van der Waals surface area contributed by atoms with Crippen LogP contribution in [0.25, 0.3) is 0 Å². The molecule has 0 N–H and O–H groups in total. The topological polar surface area (TPSA) is 21.6 Å². The summed E-state index contributed by atoms with van der Waals surface area (Å²) in [6.45, 7) is 2.06. The molecule has 2 nitrogen and oxygen atoms in total. The number of hydrogen-bond donors (Lipinski definition) is 0. The maximum atomic E-state index is 5.06. The van der Waals surface area contributed by atoms with Crippen LogP contribution in [0.1, 0.15) is 6.92 Å². The molecule has 1 aromatic carbocycles. The normalized spacial score (nSPS) is 11.5. The van der Waals surface area contributed by atoms with Crippen molar-refractivity contribution in [1.29, 1.82) is 0 Å². The van der Waals surface area contributed by atoms with E-state index in [1.807, 2.05) is 24.3 Å². The van der Waals surface area contributed by atoms with Gasteiger partial charge in [-0.2, -0.15) is 0 Å². The summed E-state index contributed by atoms with van der Waals surface area (Å²) in [4.78, 5) is 4.44. The van der Waals surface area contributed by atoms with E-state index < -0.39 is 0 Å². The Morgan fingerprint density at radius 2 is 1.92 bits per heavy atom. The molecule has 1 aromatic rings. The van der Waals surface area contributed by atoms with E-state index in [-0.39, 0.29) is 0 Å². The Morgan fingerprint density at radius 3 is 2.38 bits per heavy atom. The fourth-order valence-corrected chi connectivity index (χ4v) is 1.30. The van der Waals surface area contributed by atoms with Gasteiger partial charge in [0.05, 0.1) is 0 Å². The van der Waals surface area contributed by atoms with E-state index in [9.17, 15) is 0 Å². The Balaban J connectivity index is 2.80. The SMILES string of the molecule is COc1ccc(N=C(C)[Se]C)cc1. The molecule has 0 heterocycles. The average molecular weight is 242 g/mol. The molecule has 70 valence electrons. The fourth-order valence-electron chi connectivity index (χ4n) is 0.884. The third kappa shape index (κ3) is 3.21. The van der Waals surface area contributed by atoms with Crippen LogP contribution < -0.4 is 4.74 Å². The molecule has 0 saturated carbocycles. The van der Waals surface area contributed by atoms with Crippen molar-refractivity contribution < 1.29 is 4.74 Å². The number of rotatable bonds is 3. The fraction of sp³-hybridized carbons (Fsp3) is 0.300. The zero-order chi connectivity index (χ0) is 9.68. The minimum atomic E-state index is 0.500. The van der Waals surface area contributed by atoms with Crippen molar-refractivity contribution in [3.8, 4) is 5.75 Å². The van der Waals surface area contributed by atoms with Gasteiger partial charge in [-0.25, -0.2) is 0 Å². The van der Waals surface area contributed by atoms with Gasteiger partial charge in [0, 0.05) is 0 Å². The van der Waals surface area contributed by atoms with Crippen molar-refractivity contribution in [3.05, 3.63) is 24.3 Å². The molecule has 0 aliphatic carbocycles. The van der Waals surface area contributed by atoms with Gasteiger partial charge in [0.25, 0.3) is 0 Å². The van der Waals surface area contributed by atoms with Gasteiger partial charge >= 0.3 is 84.9 Å². The molecule has 0 spiro atoms. The summed E-state index contributed by atoms with van der Waals surface area (Å²) >= 11 is 0.500. The zero-order valence-corrected chi connectivity index (χ0v) is 9.79. The molecule has 0 unspecified atom stereocenters. The van der Waals surface area contributed by atoms with Gasteiger partial charge in [0.1, 0.15) is 0 Å². The van der Waals surface area contributed by atoms with Gasteiger partial charge in [0.15, 0.2) is 0 Å². The Kier molecular flexibility index (Phi) is 4.00. The molecule has 13 heavy (non-hydrogen) atoms. The van der Waals surface area contributed by atoms with Crippen molar-refractivity contribution in [3.63, 3.8) is 0 Å². The molecule has 0 amide bonds. The predicted molar refractivity (Wildman–Crippen MR) is 57.4 cm³/mol. The number of aliphatic imine (C=N–C) groups is 1. The second-order valence-corrected chi connectivity index (χ2v) is 4.63. The Labute approximate surface area is 85.2 Å². The number of methoxy groups -OCH3 is 1. The number of nitrogens with zero attached hydrogens (tertiary/aromatic N) is 1. The molecule has 1 rings (SSSR count). The van der Waals surface area contributed by atoms with E-state index in [0.717, 1.165) is 11.4 Å². The number of hydrogen-bond acceptors (Lipinski definition) is 2. The van der Waals surface area contributed by atoms with E-state index in [1.165, 1.54) is 4.61 Å². The van der Waals surface area contributed by atoms with Crippen LogP contribution in [0.4, 0.5) is 5.69 Å². The molecule has 0 bridgehead atoms. The Morgan fingerprint density at radius 1 is 1.31 bits per heavy atom. The van der Waals surface area contributed by atoms with E-state index in [2.05, 4.69) is 17.7 Å². The first-order valence-electron chi connectivity index (χ1n) is 3.99. The first kappa shape index (κ1) is 10.3. The number of ether oxygens (including phenoxy) is 1. The van der Waals surface area contributed by atoms with Crippen LogP contribution in [-0.4, -0.2) is 26.7 Å². The Bertz CT molecular complexity index is 292. The monoisotopic (exact) mass is 243 g/mol. The van der Waals surface area contributed by atoms with E-state index in [0.29, 0.717) is 15.0 Å². The van der Waals surface area contributed by atoms with Crippen LogP contribution in [0, 0.1) is 0 Å². The first-order chi connectivity index (χ1) is 6.26. The quantitative estimate of drug-likeness (QED) is 0.589. The molecule has 0 fully saturated rings. The average Bonchev–Trinajstić information content (AvgIpc) is 2.19. The van der Waals surface area contributed by atoms with E-state index in [4.69, 9.17) is 4.74 Å². The van der Waals surface area contributed by atoms with Crippen LogP contribution in [-0.2, 0) is 0 Å². The summed E-state index contributed by atoms with van der Waals surface area (Å²) in [7, 11) is 1.67. The molecule has 0 radical (unpaired) electrons. The standard InChI is InChI=1S/C10H13NOSe/c1-8(13-3)11-9-4-6-10(12-2)7-5-9/h4-7H,1-3H3. The van der Waals surface area contributed by atoms with Crippen molar-refractivity contribution >= 4 is 25.3 Å². The van der Waals surface area contributed by atoms with Crippen molar-refractivity contribution in [1.82, 2.24) is 0 Å². The summed E-state index contributed by atoms with van der Waals surface area (Å²) < 4.78 is 6.26. The molecular weight excluding hydrogens is 229 g/mol. The van der Waals surface area contributed by atoms with Crippen molar-refractivity contribution in [2.45, 2.75) is 12.7 Å². The van der Waals surface area contributed by atoms with Crippen molar-refractivity contribution in [2.24, 2.45) is 4.99 Å². The molecule has 0 atom stereocenters. The van der Waals surface area contributed by atoms with E-state index >= 15 is 0 Å². The first-order valence-corrected chi connectivity index (χ1v) is 6.56. The van der Waals surface area contributed by atoms with Gasteiger partial charge in [-0.3, -0.25) is 0 Å². The molecule has 0 aliphatic rings. The summed E-state index contributed by atoms with van der Waals surface area (Å²) in [6, 6.07) is 7.78. The molecular formula is C10H13NOSe. The van der Waals surface area contributed by atoms with Crippen LogP contribution in [0.5, 0.6) is 5.75 Å². The zero-order valence-electron chi connectivity index (χ0n) is 8.07. The second kappa shape index (κ2) is 5.05. The summed E-state index contributed by atoms with van der Waals surface area (Å²) in [6.07, 6.45) is 0. The van der Waals surface area contributed by atoms with E-state index in [1.54, 1.807) is 7.11 Å². The molecule has 0 saturated heterocycles. The van der Waals surface area contributed by atoms with Gasteiger partial charge < -0.3 is 0 Å². The van der Waals surface area contributed by atoms with Gasteiger partial charge in [-0.1, -0.05) is 0 Å². The molecule has 0 aromatic heterocycles. The van der Waals surface area contributed by atoms with Crippen LogP contribution in [0.3, 0.4) is 0 Å².